The maximum Gasteiger partial charge on any atom is 0.423 e. The third-order valence-electron chi connectivity index (χ3n) is 8.33. The normalized spacial score (nSPS) is 13.7. The third-order valence-corrected chi connectivity index (χ3v) is 11.5. The molecule has 0 aliphatic rings. The van der Waals surface area contributed by atoms with Crippen LogP contribution in [-0.4, -0.2) is 24.2 Å². The zero-order chi connectivity index (χ0) is 37.5. The Kier molecular flexibility index (Phi) is 10.9. The van der Waals surface area contributed by atoms with Crippen molar-refractivity contribution in [3.8, 4) is 33.6 Å². The van der Waals surface area contributed by atoms with Gasteiger partial charge in [-0.25, -0.2) is 4.39 Å². The Morgan fingerprint density at radius 2 is 1.55 bits per heavy atom. The van der Waals surface area contributed by atoms with Gasteiger partial charge >= 0.3 is 6.18 Å². The Morgan fingerprint density at radius 1 is 0.804 bits per heavy atom. The van der Waals surface area contributed by atoms with Crippen LogP contribution in [-0.2, 0) is 20.1 Å². The first kappa shape index (κ1) is 35.4. The van der Waals surface area contributed by atoms with Crippen molar-refractivity contribution in [2.45, 2.75) is 51.7 Å². The predicted molar refractivity (Wildman–Crippen MR) is 202 cm³/mol. The Morgan fingerprint density at radius 3 is 2.18 bits per heavy atom. The standard InChI is InChI=1S/C28H20F4NS.C14H16NSi.Ir/c1-16(2)19-13-22(17-7-4-3-5-8-17)25-21-10-6-9-20(26(21)34-24(25)15-19)23-14-18(11-12-33-23)27(29)28(30,31)32;1-16(2,3)13-9-10-14(15-11-13)12-7-5-4-6-8-12;/h3-8,10-16,27H,1-2H3;4-7,9-11H,1-3H3;/q2*-1;/i16D,27D;;. The number of nitrogens with zero attached hydrogens (tertiary/aromatic N) is 2. The topological polar surface area (TPSA) is 25.8 Å². The van der Waals surface area contributed by atoms with E-state index in [4.69, 9.17) is 2.74 Å². The van der Waals surface area contributed by atoms with Gasteiger partial charge in [0.2, 0.25) is 6.15 Å². The van der Waals surface area contributed by atoms with Gasteiger partial charge in [-0.1, -0.05) is 93.5 Å². The van der Waals surface area contributed by atoms with Crippen LogP contribution in [0.25, 0.3) is 53.8 Å². The number of benzene rings is 4. The summed E-state index contributed by atoms with van der Waals surface area (Å²) in [5, 5.41) is 3.21. The largest absolute Gasteiger partial charge is 0.423 e. The summed E-state index contributed by atoms with van der Waals surface area (Å²) in [4.78, 5) is 8.71. The van der Waals surface area contributed by atoms with Gasteiger partial charge in [-0.05, 0) is 66.9 Å². The van der Waals surface area contributed by atoms with Crippen LogP contribution in [0.1, 0.15) is 39.8 Å². The van der Waals surface area contributed by atoms with Gasteiger partial charge in [0.25, 0.3) is 0 Å². The van der Waals surface area contributed by atoms with E-state index in [0.717, 1.165) is 66.4 Å². The van der Waals surface area contributed by atoms with E-state index in [1.165, 1.54) is 16.5 Å². The molecule has 0 spiro atoms. The summed E-state index contributed by atoms with van der Waals surface area (Å²) >= 11 is 1.42. The van der Waals surface area contributed by atoms with Crippen molar-refractivity contribution < 1.29 is 40.4 Å². The molecule has 7 aromatic rings. The zero-order valence-corrected chi connectivity index (χ0v) is 32.8. The molecule has 0 bridgehead atoms. The van der Waals surface area contributed by atoms with Gasteiger partial charge < -0.3 is 9.97 Å². The Balaban J connectivity index is 0.000000267. The second-order valence-corrected chi connectivity index (χ2v) is 19.3. The minimum Gasteiger partial charge on any atom is -0.305 e. The molecule has 51 heavy (non-hydrogen) atoms. The number of hydrogen-bond acceptors (Lipinski definition) is 3. The van der Waals surface area contributed by atoms with Crippen LogP contribution >= 0.6 is 11.3 Å². The van der Waals surface area contributed by atoms with E-state index in [-0.39, 0.29) is 25.8 Å². The summed E-state index contributed by atoms with van der Waals surface area (Å²) in [6.45, 7) is 10.6. The van der Waals surface area contributed by atoms with E-state index in [1.807, 2.05) is 92.8 Å². The van der Waals surface area contributed by atoms with E-state index >= 15 is 0 Å². The molecule has 4 aromatic carbocycles. The molecular formula is C42H36F4IrN2SSi-2. The molecule has 3 aromatic heterocycles. The Labute approximate surface area is 317 Å². The average Bonchev–Trinajstić information content (AvgIpc) is 3.50. The monoisotopic (exact) mass is 899 g/mol. The fraction of sp³-hybridized carbons (Fsp3) is 0.190. The minimum atomic E-state index is -5.39. The van der Waals surface area contributed by atoms with E-state index < -0.39 is 31.9 Å². The molecule has 3 heterocycles. The molecule has 2 nitrogen and oxygen atoms in total. The van der Waals surface area contributed by atoms with Gasteiger partial charge in [0.1, 0.15) is 0 Å². The Bertz CT molecular complexity index is 2340. The molecular weight excluding hydrogens is 861 g/mol. The molecule has 0 N–H and O–H groups in total. The average molecular weight is 899 g/mol. The summed E-state index contributed by atoms with van der Waals surface area (Å²) in [6, 6.07) is 37.6. The first-order valence-corrected chi connectivity index (χ1v) is 20.4. The van der Waals surface area contributed by atoms with Gasteiger partial charge in [-0.3, -0.25) is 0 Å². The van der Waals surface area contributed by atoms with Crippen LogP contribution in [0.3, 0.4) is 0 Å². The number of alkyl halides is 4. The van der Waals surface area contributed by atoms with Gasteiger partial charge in [0.05, 0.1) is 9.44 Å². The smallest absolute Gasteiger partial charge is 0.305 e. The SMILES string of the molecule is C[Si](C)(C)c1ccc(-c2[c-]cccc2)nc1.[2H]C(C)(C)c1cc(-c2ccccc2)c2c(c1)sc1c(-c3cc(C([2H])(F)C(F)(F)F)ccn3)[c-]ccc12.[Ir]. The summed E-state index contributed by atoms with van der Waals surface area (Å²) in [6.07, 6.45) is -6.55. The summed E-state index contributed by atoms with van der Waals surface area (Å²) < 4.78 is 71.5. The number of fused-ring (bicyclic) bond motifs is 3. The fourth-order valence-corrected chi connectivity index (χ4v) is 7.92. The summed E-state index contributed by atoms with van der Waals surface area (Å²) in [5.41, 5.74) is 4.50. The second kappa shape index (κ2) is 15.7. The zero-order valence-electron chi connectivity index (χ0n) is 30.6. The van der Waals surface area contributed by atoms with Crippen LogP contribution in [0.15, 0.2) is 116 Å². The molecule has 1 radical (unpaired) electrons. The third kappa shape index (κ3) is 8.55. The van der Waals surface area contributed by atoms with E-state index in [0.29, 0.717) is 5.56 Å². The van der Waals surface area contributed by atoms with Crippen molar-refractivity contribution >= 4 is 44.8 Å². The molecule has 1 unspecified atom stereocenters. The molecule has 9 heteroatoms. The fourth-order valence-electron chi connectivity index (χ4n) is 5.61. The molecule has 0 amide bonds. The van der Waals surface area contributed by atoms with E-state index in [1.54, 1.807) is 6.07 Å². The number of rotatable bonds is 6. The van der Waals surface area contributed by atoms with Crippen LogP contribution < -0.4 is 5.19 Å². The molecule has 1 atom stereocenters. The molecule has 0 saturated heterocycles. The first-order chi connectivity index (χ1) is 24.4. The molecule has 0 fully saturated rings. The van der Waals surface area contributed by atoms with Crippen molar-refractivity contribution in [1.82, 2.24) is 9.97 Å². The molecule has 0 saturated carbocycles. The molecule has 7 rings (SSSR count). The number of aromatic nitrogens is 2. The van der Waals surface area contributed by atoms with Gasteiger partial charge in [0, 0.05) is 38.6 Å². The van der Waals surface area contributed by atoms with Crippen molar-refractivity contribution in [2.75, 3.05) is 0 Å². The number of pyridine rings is 2. The van der Waals surface area contributed by atoms with Crippen molar-refractivity contribution in [3.63, 3.8) is 0 Å². The van der Waals surface area contributed by atoms with Crippen LogP contribution in [0, 0.1) is 12.1 Å². The Hall–Kier alpha value is -4.01. The summed E-state index contributed by atoms with van der Waals surface area (Å²) in [5.74, 6) is -0.852. The van der Waals surface area contributed by atoms with Crippen molar-refractivity contribution in [3.05, 3.63) is 139 Å². The van der Waals surface area contributed by atoms with Crippen molar-refractivity contribution in [2.24, 2.45) is 0 Å². The van der Waals surface area contributed by atoms with E-state index in [2.05, 4.69) is 53.9 Å². The number of halogens is 4. The molecule has 0 aliphatic heterocycles. The van der Waals surface area contributed by atoms with Crippen LogP contribution in [0.2, 0.25) is 19.6 Å². The van der Waals surface area contributed by atoms with Gasteiger partial charge in [-0.15, -0.1) is 59.7 Å². The number of thiophene rings is 1. The maximum absolute atomic E-state index is 14.4. The maximum atomic E-state index is 14.4. The summed E-state index contributed by atoms with van der Waals surface area (Å²) in [7, 11) is -1.23. The van der Waals surface area contributed by atoms with Gasteiger partial charge in [0.15, 0.2) is 0 Å². The quantitative estimate of drug-likeness (QED) is 0.0944. The predicted octanol–water partition coefficient (Wildman–Crippen LogP) is 12.4. The first-order valence-electron chi connectivity index (χ1n) is 17.1. The van der Waals surface area contributed by atoms with Crippen LogP contribution in [0.4, 0.5) is 17.6 Å². The van der Waals surface area contributed by atoms with Gasteiger partial charge in [-0.2, -0.15) is 24.5 Å². The molecule has 263 valence electrons. The van der Waals surface area contributed by atoms with E-state index in [9.17, 15) is 17.6 Å². The minimum absolute atomic E-state index is 0. The van der Waals surface area contributed by atoms with Crippen LogP contribution in [0.5, 0.6) is 0 Å². The number of hydrogen-bond donors (Lipinski definition) is 0. The second-order valence-electron chi connectivity index (χ2n) is 13.2. The van der Waals surface area contributed by atoms with Crippen molar-refractivity contribution in [1.29, 1.82) is 0 Å². The molecule has 0 aliphatic carbocycles.